The zero-order valence-electron chi connectivity index (χ0n) is 6.97. The third-order valence-electron chi connectivity index (χ3n) is 1.50. The van der Waals surface area contributed by atoms with Crippen LogP contribution < -0.4 is 0 Å². The Balaban J connectivity index is 3.70. The minimum Gasteiger partial charge on any atom is -0.238 e. The topological polar surface area (TPSA) is 0 Å². The van der Waals surface area contributed by atoms with Crippen LogP contribution in [0.1, 0.15) is 13.3 Å². The quantitative estimate of drug-likeness (QED) is 0.390. The Bertz CT molecular complexity index is 150. The van der Waals surface area contributed by atoms with Gasteiger partial charge in [0, 0.05) is 12.1 Å². The van der Waals surface area contributed by atoms with Crippen molar-refractivity contribution < 1.29 is 24.6 Å². The second-order valence-corrected chi connectivity index (χ2v) is 6.45. The van der Waals surface area contributed by atoms with Crippen molar-refractivity contribution in [2.24, 2.45) is 5.92 Å². The average Bonchev–Trinajstić information content (AvgIpc) is 1.78. The highest BCUT2D eigenvalue weighted by molar-refractivity contribution is 6.59. The van der Waals surface area contributed by atoms with Crippen molar-refractivity contribution in [1.29, 1.82) is 0 Å². The van der Waals surface area contributed by atoms with E-state index in [0.717, 1.165) is 0 Å². The Morgan fingerprint density at radius 1 is 0.923 bits per heavy atom. The van der Waals surface area contributed by atoms with E-state index in [1.165, 1.54) is 6.92 Å². The van der Waals surface area contributed by atoms with E-state index in [2.05, 4.69) is 0 Å². The smallest absolute Gasteiger partial charge is 0.238 e. The summed E-state index contributed by atoms with van der Waals surface area (Å²) in [5.41, 5.74) is 0. The van der Waals surface area contributed by atoms with Gasteiger partial charge in [-0.1, -0.05) is 6.92 Å². The molecule has 13 heavy (non-hydrogen) atoms. The minimum absolute atomic E-state index is 0.373. The van der Waals surface area contributed by atoms with Crippen LogP contribution in [-0.2, 0) is 0 Å². The molecule has 0 radical (unpaired) electrons. The first-order chi connectivity index (χ1) is 5.60. The monoisotopic (exact) mass is 240 g/mol. The van der Waals surface area contributed by atoms with Gasteiger partial charge in [0.15, 0.2) is 0 Å². The van der Waals surface area contributed by atoms with E-state index in [1.54, 1.807) is 0 Å². The van der Waals surface area contributed by atoms with Gasteiger partial charge in [0.25, 0.3) is 0 Å². The van der Waals surface area contributed by atoms with Gasteiger partial charge in [-0.15, -0.1) is 0 Å². The summed E-state index contributed by atoms with van der Waals surface area (Å²) >= 11 is 0. The molecule has 1 unspecified atom stereocenters. The SMILES string of the molecule is CC(CC[Si](F)(F)F)C[Si](F)(F)F. The lowest BCUT2D eigenvalue weighted by molar-refractivity contribution is 0.416. The largest absolute Gasteiger partial charge is 0.616 e. The van der Waals surface area contributed by atoms with Gasteiger partial charge in [-0.2, -0.15) is 0 Å². The van der Waals surface area contributed by atoms with Crippen LogP contribution in [0.3, 0.4) is 0 Å². The highest BCUT2D eigenvalue weighted by atomic mass is 28.5. The van der Waals surface area contributed by atoms with Crippen molar-refractivity contribution in [3.05, 3.63) is 0 Å². The Morgan fingerprint density at radius 3 is 1.69 bits per heavy atom. The van der Waals surface area contributed by atoms with E-state index in [9.17, 15) is 24.6 Å². The summed E-state index contributed by atoms with van der Waals surface area (Å²) in [6, 6.07) is -1.98. The molecule has 0 amide bonds. The molecule has 8 heteroatoms. The molecule has 0 bridgehead atoms. The summed E-state index contributed by atoms with van der Waals surface area (Å²) in [5.74, 6) is -0.874. The summed E-state index contributed by atoms with van der Waals surface area (Å²) in [4.78, 5) is 0. The maximum absolute atomic E-state index is 11.8. The Hall–Kier alpha value is 0.0138. The van der Waals surface area contributed by atoms with Gasteiger partial charge in [0.2, 0.25) is 0 Å². The fourth-order valence-electron chi connectivity index (χ4n) is 0.907. The second-order valence-electron chi connectivity index (χ2n) is 3.08. The summed E-state index contributed by atoms with van der Waals surface area (Å²) in [7, 11) is -11.3. The second kappa shape index (κ2) is 4.49. The predicted molar refractivity (Wildman–Crippen MR) is 41.6 cm³/mol. The van der Waals surface area contributed by atoms with Crippen molar-refractivity contribution in [2.75, 3.05) is 0 Å². The molecule has 0 aromatic heterocycles. The molecule has 0 saturated carbocycles. The van der Waals surface area contributed by atoms with Crippen LogP contribution in [0, 0.1) is 5.92 Å². The Kier molecular flexibility index (Phi) is 4.50. The lowest BCUT2D eigenvalue weighted by atomic mass is 10.2. The van der Waals surface area contributed by atoms with Crippen LogP contribution in [0.4, 0.5) is 24.6 Å². The molecule has 0 aliphatic carbocycles. The average molecular weight is 240 g/mol. The predicted octanol–water partition coefficient (Wildman–Crippen LogP) is 3.71. The summed E-state index contributed by atoms with van der Waals surface area (Å²) in [6.45, 7) is 1.22. The molecule has 0 saturated heterocycles. The molecule has 0 N–H and O–H groups in total. The van der Waals surface area contributed by atoms with Crippen molar-refractivity contribution in [2.45, 2.75) is 25.4 Å². The summed E-state index contributed by atoms with van der Waals surface area (Å²) in [6.07, 6.45) is -0.373. The first-order valence-corrected chi connectivity index (χ1v) is 7.42. The van der Waals surface area contributed by atoms with Crippen LogP contribution in [0.25, 0.3) is 0 Å². The number of hydrogen-bond acceptors (Lipinski definition) is 0. The highest BCUT2D eigenvalue weighted by Gasteiger charge is 2.41. The third kappa shape index (κ3) is 9.93. The van der Waals surface area contributed by atoms with Crippen LogP contribution >= 0.6 is 0 Å². The summed E-state index contributed by atoms with van der Waals surface area (Å²) in [5, 5.41) is 0. The van der Waals surface area contributed by atoms with E-state index in [1.807, 2.05) is 0 Å². The molecule has 0 aliphatic rings. The van der Waals surface area contributed by atoms with Gasteiger partial charge < -0.3 is 0 Å². The van der Waals surface area contributed by atoms with Gasteiger partial charge in [0.1, 0.15) is 0 Å². The van der Waals surface area contributed by atoms with E-state index >= 15 is 0 Å². The van der Waals surface area contributed by atoms with Crippen LogP contribution in [0.2, 0.25) is 12.1 Å². The third-order valence-corrected chi connectivity index (χ3v) is 3.52. The molecule has 0 heterocycles. The van der Waals surface area contributed by atoms with Gasteiger partial charge in [-0.25, -0.2) is 24.6 Å². The van der Waals surface area contributed by atoms with Gasteiger partial charge in [0.05, 0.1) is 0 Å². The zero-order valence-corrected chi connectivity index (χ0v) is 8.97. The maximum Gasteiger partial charge on any atom is 0.616 e. The minimum atomic E-state index is -5.67. The number of hydrogen-bond donors (Lipinski definition) is 0. The molecule has 0 fully saturated rings. The van der Waals surface area contributed by atoms with Crippen LogP contribution in [0.15, 0.2) is 0 Å². The number of halogens is 6. The molecule has 0 aliphatic heterocycles. The maximum atomic E-state index is 11.8. The standard InChI is InChI=1S/C5H10F6Si2/c1-5(4-13(9,10)11)2-3-12(6,7)8/h5H,2-4H2,1H3. The zero-order chi connectivity index (χ0) is 10.7. The van der Waals surface area contributed by atoms with E-state index in [-0.39, 0.29) is 6.42 Å². The van der Waals surface area contributed by atoms with Crippen molar-refractivity contribution in [3.63, 3.8) is 0 Å². The van der Waals surface area contributed by atoms with Crippen molar-refractivity contribution in [1.82, 2.24) is 0 Å². The van der Waals surface area contributed by atoms with Gasteiger partial charge >= 0.3 is 18.2 Å². The molecular formula is C5H10F6Si2. The normalized spacial score (nSPS) is 15.9. The van der Waals surface area contributed by atoms with Crippen LogP contribution in [0.5, 0.6) is 0 Å². The molecule has 0 aromatic rings. The molecule has 0 spiro atoms. The molecule has 0 aromatic carbocycles. The van der Waals surface area contributed by atoms with E-state index in [0.29, 0.717) is 0 Å². The molecule has 80 valence electrons. The van der Waals surface area contributed by atoms with E-state index in [4.69, 9.17) is 0 Å². The first-order valence-electron chi connectivity index (χ1n) is 3.73. The Labute approximate surface area is 75.0 Å². The van der Waals surface area contributed by atoms with Gasteiger partial charge in [-0.05, 0) is 12.3 Å². The molecular weight excluding hydrogens is 230 g/mol. The fraction of sp³-hybridized carbons (Fsp3) is 1.00. The number of rotatable bonds is 5. The molecule has 0 nitrogen and oxygen atoms in total. The van der Waals surface area contributed by atoms with Crippen molar-refractivity contribution >= 4 is 18.2 Å². The Morgan fingerprint density at radius 2 is 1.38 bits per heavy atom. The van der Waals surface area contributed by atoms with Crippen molar-refractivity contribution in [3.8, 4) is 0 Å². The first kappa shape index (κ1) is 13.0. The molecule has 0 rings (SSSR count). The molecule has 1 atom stereocenters. The summed E-state index contributed by atoms with van der Waals surface area (Å²) < 4.78 is 70.5. The van der Waals surface area contributed by atoms with Gasteiger partial charge in [-0.3, -0.25) is 0 Å². The highest BCUT2D eigenvalue weighted by Crippen LogP contribution is 2.27. The lowest BCUT2D eigenvalue weighted by Gasteiger charge is -2.11. The fourth-order valence-corrected chi connectivity index (χ4v) is 2.72. The van der Waals surface area contributed by atoms with E-state index < -0.39 is 36.2 Å². The lowest BCUT2D eigenvalue weighted by Crippen LogP contribution is -2.21. The van der Waals surface area contributed by atoms with Crippen LogP contribution in [-0.4, -0.2) is 18.2 Å².